The van der Waals surface area contributed by atoms with Crippen LogP contribution >= 0.6 is 0 Å². The summed E-state index contributed by atoms with van der Waals surface area (Å²) in [4.78, 5) is 28.2. The molecular weight excluding hydrogens is 330 g/mol. The molecule has 2 N–H and O–H groups in total. The van der Waals surface area contributed by atoms with E-state index >= 15 is 0 Å². The minimum atomic E-state index is -0.209. The summed E-state index contributed by atoms with van der Waals surface area (Å²) >= 11 is 0. The molecule has 1 aromatic heterocycles. The molecule has 0 fully saturated rings. The summed E-state index contributed by atoms with van der Waals surface area (Å²) in [7, 11) is 0. The molecule has 3 aromatic rings. The van der Waals surface area contributed by atoms with Crippen LogP contribution < -0.4 is 15.4 Å². The van der Waals surface area contributed by atoms with Crippen molar-refractivity contribution in [1.82, 2.24) is 10.3 Å². The van der Waals surface area contributed by atoms with Crippen molar-refractivity contribution in [2.24, 2.45) is 0 Å². The number of anilines is 1. The zero-order valence-corrected chi connectivity index (χ0v) is 14.4. The molecule has 3 rings (SSSR count). The second-order valence-electron chi connectivity index (χ2n) is 5.60. The van der Waals surface area contributed by atoms with Gasteiger partial charge in [-0.15, -0.1) is 0 Å². The van der Waals surface area contributed by atoms with E-state index in [1.54, 1.807) is 42.6 Å². The molecule has 2 amide bonds. The zero-order chi connectivity index (χ0) is 18.4. The monoisotopic (exact) mass is 349 g/mol. The minimum Gasteiger partial charge on any atom is -0.484 e. The first-order valence-corrected chi connectivity index (χ1v) is 8.32. The van der Waals surface area contributed by atoms with Crippen molar-refractivity contribution in [2.75, 3.05) is 18.5 Å². The standard InChI is InChI=1S/C20H19N3O3/c1-2-21-19(24)13-26-15-10-8-14(9-11-15)23-20(25)17-5-3-7-18-16(17)6-4-12-22-18/h3-12H,2,13H2,1H3,(H,21,24)(H,23,25). The summed E-state index contributed by atoms with van der Waals surface area (Å²) in [5.74, 6) is 0.178. The van der Waals surface area contributed by atoms with Crippen LogP contribution in [-0.4, -0.2) is 29.9 Å². The highest BCUT2D eigenvalue weighted by molar-refractivity contribution is 6.12. The van der Waals surface area contributed by atoms with Crippen molar-refractivity contribution in [1.29, 1.82) is 0 Å². The maximum absolute atomic E-state index is 12.6. The van der Waals surface area contributed by atoms with Gasteiger partial charge >= 0.3 is 0 Å². The van der Waals surface area contributed by atoms with Crippen molar-refractivity contribution < 1.29 is 14.3 Å². The van der Waals surface area contributed by atoms with Crippen LogP contribution in [0, 0.1) is 0 Å². The second-order valence-corrected chi connectivity index (χ2v) is 5.60. The van der Waals surface area contributed by atoms with Gasteiger partial charge in [0, 0.05) is 29.4 Å². The van der Waals surface area contributed by atoms with Gasteiger partial charge in [0.2, 0.25) is 0 Å². The quantitative estimate of drug-likeness (QED) is 0.717. The molecule has 0 spiro atoms. The van der Waals surface area contributed by atoms with Crippen molar-refractivity contribution in [3.8, 4) is 5.75 Å². The average molecular weight is 349 g/mol. The average Bonchev–Trinajstić information content (AvgIpc) is 2.67. The number of fused-ring (bicyclic) bond motifs is 1. The largest absolute Gasteiger partial charge is 0.484 e. The van der Waals surface area contributed by atoms with Crippen molar-refractivity contribution in [3.63, 3.8) is 0 Å². The van der Waals surface area contributed by atoms with Gasteiger partial charge in [0.1, 0.15) is 5.75 Å². The van der Waals surface area contributed by atoms with Crippen LogP contribution in [0.15, 0.2) is 60.8 Å². The molecule has 0 unspecified atom stereocenters. The van der Waals surface area contributed by atoms with Gasteiger partial charge in [0.05, 0.1) is 5.52 Å². The maximum atomic E-state index is 12.6. The zero-order valence-electron chi connectivity index (χ0n) is 14.4. The molecule has 1 heterocycles. The Labute approximate surface area is 151 Å². The first-order chi connectivity index (χ1) is 12.7. The number of ether oxygens (including phenoxy) is 1. The van der Waals surface area contributed by atoms with E-state index in [-0.39, 0.29) is 18.4 Å². The Kier molecular flexibility index (Phi) is 5.43. The summed E-state index contributed by atoms with van der Waals surface area (Å²) in [5, 5.41) is 6.32. The highest BCUT2D eigenvalue weighted by atomic mass is 16.5. The Balaban J connectivity index is 1.67. The van der Waals surface area contributed by atoms with E-state index in [4.69, 9.17) is 4.74 Å². The summed E-state index contributed by atoms with van der Waals surface area (Å²) < 4.78 is 5.39. The number of rotatable bonds is 6. The molecule has 6 heteroatoms. The lowest BCUT2D eigenvalue weighted by Gasteiger charge is -2.09. The smallest absolute Gasteiger partial charge is 0.257 e. The molecule has 0 atom stereocenters. The number of nitrogens with zero attached hydrogens (tertiary/aromatic N) is 1. The highest BCUT2D eigenvalue weighted by Gasteiger charge is 2.10. The number of hydrogen-bond donors (Lipinski definition) is 2. The summed E-state index contributed by atoms with van der Waals surface area (Å²) in [6.07, 6.45) is 1.70. The third-order valence-corrected chi connectivity index (χ3v) is 3.75. The maximum Gasteiger partial charge on any atom is 0.257 e. The highest BCUT2D eigenvalue weighted by Crippen LogP contribution is 2.20. The lowest BCUT2D eigenvalue weighted by atomic mass is 10.1. The fourth-order valence-electron chi connectivity index (χ4n) is 2.53. The van der Waals surface area contributed by atoms with Crippen molar-refractivity contribution in [3.05, 3.63) is 66.4 Å². The molecule has 0 aliphatic rings. The Hall–Kier alpha value is -3.41. The van der Waals surface area contributed by atoms with Crippen LogP contribution in [0.1, 0.15) is 17.3 Å². The molecule has 2 aromatic carbocycles. The first-order valence-electron chi connectivity index (χ1n) is 8.32. The van der Waals surface area contributed by atoms with Crippen LogP contribution in [0.2, 0.25) is 0 Å². The molecule has 132 valence electrons. The molecule has 0 aliphatic heterocycles. The van der Waals surface area contributed by atoms with Gasteiger partial charge in [-0.1, -0.05) is 12.1 Å². The van der Waals surface area contributed by atoms with Crippen LogP contribution in [0.5, 0.6) is 5.75 Å². The summed E-state index contributed by atoms with van der Waals surface area (Å²) in [5.41, 5.74) is 1.97. The number of hydrogen-bond acceptors (Lipinski definition) is 4. The molecular formula is C20H19N3O3. The SMILES string of the molecule is CCNC(=O)COc1ccc(NC(=O)c2cccc3ncccc23)cc1. The van der Waals surface area contributed by atoms with Gasteiger partial charge in [-0.2, -0.15) is 0 Å². The predicted molar refractivity (Wildman–Crippen MR) is 100 cm³/mol. The summed E-state index contributed by atoms with van der Waals surface area (Å²) in [6.45, 7) is 2.38. The topological polar surface area (TPSA) is 80.3 Å². The van der Waals surface area contributed by atoms with Crippen molar-refractivity contribution in [2.45, 2.75) is 6.92 Å². The number of carbonyl (C=O) groups is 2. The van der Waals surface area contributed by atoms with E-state index in [0.717, 1.165) is 10.9 Å². The van der Waals surface area contributed by atoms with Gasteiger partial charge < -0.3 is 15.4 Å². The number of likely N-dealkylation sites (N-methyl/N-ethyl adjacent to an activating group) is 1. The van der Waals surface area contributed by atoms with Crippen LogP contribution in [0.4, 0.5) is 5.69 Å². The van der Waals surface area contributed by atoms with Gasteiger partial charge in [-0.25, -0.2) is 0 Å². The molecule has 0 saturated carbocycles. The summed E-state index contributed by atoms with van der Waals surface area (Å²) in [6, 6.07) is 16.0. The van der Waals surface area contributed by atoms with Crippen LogP contribution in [0.25, 0.3) is 10.9 Å². The fraction of sp³-hybridized carbons (Fsp3) is 0.150. The van der Waals surface area contributed by atoms with Gasteiger partial charge in [0.25, 0.3) is 11.8 Å². The van der Waals surface area contributed by atoms with Crippen molar-refractivity contribution >= 4 is 28.4 Å². The van der Waals surface area contributed by atoms with E-state index in [1.165, 1.54) is 0 Å². The number of amides is 2. The second kappa shape index (κ2) is 8.11. The number of carbonyl (C=O) groups excluding carboxylic acids is 2. The van der Waals surface area contributed by atoms with Crippen LogP contribution in [0.3, 0.4) is 0 Å². The third-order valence-electron chi connectivity index (χ3n) is 3.75. The number of benzene rings is 2. The first kappa shape index (κ1) is 17.4. The molecule has 0 bridgehead atoms. The van der Waals surface area contributed by atoms with Gasteiger partial charge in [-0.05, 0) is 49.4 Å². The Morgan fingerprint density at radius 1 is 1.04 bits per heavy atom. The molecule has 0 radical (unpaired) electrons. The third kappa shape index (κ3) is 4.16. The molecule has 0 saturated heterocycles. The fourth-order valence-corrected chi connectivity index (χ4v) is 2.53. The lowest BCUT2D eigenvalue weighted by Crippen LogP contribution is -2.28. The normalized spacial score (nSPS) is 10.3. The van der Waals surface area contributed by atoms with Crippen LogP contribution in [-0.2, 0) is 4.79 Å². The van der Waals surface area contributed by atoms with Gasteiger partial charge in [-0.3, -0.25) is 14.6 Å². The van der Waals surface area contributed by atoms with E-state index < -0.39 is 0 Å². The molecule has 6 nitrogen and oxygen atoms in total. The molecule has 26 heavy (non-hydrogen) atoms. The minimum absolute atomic E-state index is 0.0391. The Bertz CT molecular complexity index is 918. The Morgan fingerprint density at radius 3 is 2.62 bits per heavy atom. The Morgan fingerprint density at radius 2 is 1.85 bits per heavy atom. The van der Waals surface area contributed by atoms with Gasteiger partial charge in [0.15, 0.2) is 6.61 Å². The number of nitrogens with one attached hydrogen (secondary N) is 2. The predicted octanol–water partition coefficient (Wildman–Crippen LogP) is 3.00. The van der Waals surface area contributed by atoms with E-state index in [0.29, 0.717) is 23.5 Å². The van der Waals surface area contributed by atoms with E-state index in [9.17, 15) is 9.59 Å². The lowest BCUT2D eigenvalue weighted by molar-refractivity contribution is -0.122. The van der Waals surface area contributed by atoms with E-state index in [2.05, 4.69) is 15.6 Å². The van der Waals surface area contributed by atoms with E-state index in [1.807, 2.05) is 25.1 Å². The number of pyridine rings is 1. The molecule has 0 aliphatic carbocycles. The number of aromatic nitrogens is 1.